The standard InChI is InChI=1S/C14H21N3O2/c1-2-18-14-8-13(15-9-16-14)17-11-4-3-5-12-10(11)6-7-19-12/h8-12H,2-7H2,1H3,(H,15,16,17). The Morgan fingerprint density at radius 1 is 1.37 bits per heavy atom. The molecule has 3 rings (SSSR count). The van der Waals surface area contributed by atoms with E-state index >= 15 is 0 Å². The highest BCUT2D eigenvalue weighted by Gasteiger charge is 2.37. The molecule has 2 heterocycles. The first kappa shape index (κ1) is 12.7. The zero-order valence-corrected chi connectivity index (χ0v) is 11.3. The summed E-state index contributed by atoms with van der Waals surface area (Å²) in [5.74, 6) is 2.12. The Hall–Kier alpha value is -1.36. The van der Waals surface area contributed by atoms with Gasteiger partial charge in [-0.15, -0.1) is 0 Å². The minimum atomic E-state index is 0.444. The molecule has 0 bridgehead atoms. The second-order valence-electron chi connectivity index (χ2n) is 5.22. The van der Waals surface area contributed by atoms with Gasteiger partial charge in [0.15, 0.2) is 0 Å². The van der Waals surface area contributed by atoms with Crippen molar-refractivity contribution in [2.24, 2.45) is 5.92 Å². The number of ether oxygens (including phenoxy) is 2. The highest BCUT2D eigenvalue weighted by atomic mass is 16.5. The highest BCUT2D eigenvalue weighted by Crippen LogP contribution is 2.35. The van der Waals surface area contributed by atoms with Gasteiger partial charge in [0, 0.05) is 24.6 Å². The Kier molecular flexibility index (Phi) is 3.82. The molecular weight excluding hydrogens is 242 g/mol. The molecule has 0 aromatic carbocycles. The van der Waals surface area contributed by atoms with Gasteiger partial charge in [-0.1, -0.05) is 0 Å². The fourth-order valence-electron chi connectivity index (χ4n) is 3.19. The lowest BCUT2D eigenvalue weighted by Crippen LogP contribution is -2.38. The smallest absolute Gasteiger partial charge is 0.218 e. The predicted octanol–water partition coefficient (Wildman–Crippen LogP) is 2.24. The Labute approximate surface area is 113 Å². The van der Waals surface area contributed by atoms with E-state index in [4.69, 9.17) is 9.47 Å². The number of nitrogens with zero attached hydrogens (tertiary/aromatic N) is 2. The molecule has 1 saturated heterocycles. The third kappa shape index (κ3) is 2.81. The second-order valence-corrected chi connectivity index (χ2v) is 5.22. The average molecular weight is 263 g/mol. The first-order valence-electron chi connectivity index (χ1n) is 7.20. The molecule has 3 atom stereocenters. The second kappa shape index (κ2) is 5.74. The van der Waals surface area contributed by atoms with Crippen molar-refractivity contribution in [2.45, 2.75) is 44.8 Å². The normalized spacial score (nSPS) is 29.8. The lowest BCUT2D eigenvalue weighted by molar-refractivity contribution is 0.0619. The van der Waals surface area contributed by atoms with E-state index in [2.05, 4.69) is 15.3 Å². The van der Waals surface area contributed by atoms with Gasteiger partial charge in [-0.25, -0.2) is 9.97 Å². The van der Waals surface area contributed by atoms with Gasteiger partial charge in [0.2, 0.25) is 5.88 Å². The third-order valence-corrected chi connectivity index (χ3v) is 4.05. The molecule has 0 amide bonds. The number of fused-ring (bicyclic) bond motifs is 1. The van der Waals surface area contributed by atoms with Crippen LogP contribution in [-0.4, -0.2) is 35.3 Å². The molecule has 1 aliphatic carbocycles. The number of anilines is 1. The van der Waals surface area contributed by atoms with E-state index in [1.807, 2.05) is 13.0 Å². The molecule has 104 valence electrons. The van der Waals surface area contributed by atoms with Crippen LogP contribution >= 0.6 is 0 Å². The average Bonchev–Trinajstić information content (AvgIpc) is 2.89. The van der Waals surface area contributed by atoms with Crippen LogP contribution < -0.4 is 10.1 Å². The van der Waals surface area contributed by atoms with E-state index in [-0.39, 0.29) is 0 Å². The molecule has 1 N–H and O–H groups in total. The van der Waals surface area contributed by atoms with Gasteiger partial charge in [-0.2, -0.15) is 0 Å². The molecular formula is C14H21N3O2. The van der Waals surface area contributed by atoms with Crippen LogP contribution in [0.5, 0.6) is 5.88 Å². The first-order chi connectivity index (χ1) is 9.36. The summed E-state index contributed by atoms with van der Waals surface area (Å²) in [4.78, 5) is 8.38. The summed E-state index contributed by atoms with van der Waals surface area (Å²) in [5, 5.41) is 3.54. The fraction of sp³-hybridized carbons (Fsp3) is 0.714. The van der Waals surface area contributed by atoms with Crippen LogP contribution in [0.15, 0.2) is 12.4 Å². The number of hydrogen-bond acceptors (Lipinski definition) is 5. The maximum atomic E-state index is 5.79. The molecule has 19 heavy (non-hydrogen) atoms. The van der Waals surface area contributed by atoms with Gasteiger partial charge >= 0.3 is 0 Å². The topological polar surface area (TPSA) is 56.3 Å². The van der Waals surface area contributed by atoms with Crippen molar-refractivity contribution in [3.05, 3.63) is 12.4 Å². The molecule has 0 spiro atoms. The minimum Gasteiger partial charge on any atom is -0.478 e. The predicted molar refractivity (Wildman–Crippen MR) is 72.3 cm³/mol. The van der Waals surface area contributed by atoms with Crippen molar-refractivity contribution in [3.63, 3.8) is 0 Å². The Morgan fingerprint density at radius 3 is 3.21 bits per heavy atom. The molecule has 5 heteroatoms. The van der Waals surface area contributed by atoms with Gasteiger partial charge in [-0.05, 0) is 32.6 Å². The van der Waals surface area contributed by atoms with Gasteiger partial charge in [0.05, 0.1) is 12.7 Å². The van der Waals surface area contributed by atoms with Gasteiger partial charge < -0.3 is 14.8 Å². The van der Waals surface area contributed by atoms with Crippen LogP contribution in [0.2, 0.25) is 0 Å². The zero-order valence-electron chi connectivity index (χ0n) is 11.3. The molecule has 1 aliphatic heterocycles. The van der Waals surface area contributed by atoms with Gasteiger partial charge in [-0.3, -0.25) is 0 Å². The lowest BCUT2D eigenvalue weighted by Gasteiger charge is -2.33. The summed E-state index contributed by atoms with van der Waals surface area (Å²) < 4.78 is 11.2. The van der Waals surface area contributed by atoms with E-state index in [9.17, 15) is 0 Å². The number of hydrogen-bond donors (Lipinski definition) is 1. The van der Waals surface area contributed by atoms with Crippen molar-refractivity contribution >= 4 is 5.82 Å². The molecule has 0 radical (unpaired) electrons. The monoisotopic (exact) mass is 263 g/mol. The van der Waals surface area contributed by atoms with E-state index < -0.39 is 0 Å². The number of nitrogens with one attached hydrogen (secondary N) is 1. The third-order valence-electron chi connectivity index (χ3n) is 4.05. The first-order valence-corrected chi connectivity index (χ1v) is 7.20. The van der Waals surface area contributed by atoms with E-state index in [0.717, 1.165) is 18.8 Å². The van der Waals surface area contributed by atoms with Crippen molar-refractivity contribution in [1.29, 1.82) is 0 Å². The van der Waals surface area contributed by atoms with Crippen molar-refractivity contribution in [3.8, 4) is 5.88 Å². The summed E-state index contributed by atoms with van der Waals surface area (Å²) in [6.45, 7) is 3.48. The van der Waals surface area contributed by atoms with E-state index in [0.29, 0.717) is 30.6 Å². The molecule has 2 aliphatic rings. The Balaban J connectivity index is 1.68. The summed E-state index contributed by atoms with van der Waals surface area (Å²) in [7, 11) is 0. The maximum absolute atomic E-state index is 5.79. The van der Waals surface area contributed by atoms with Crippen molar-refractivity contribution < 1.29 is 9.47 Å². The molecule has 1 saturated carbocycles. The quantitative estimate of drug-likeness (QED) is 0.903. The lowest BCUT2D eigenvalue weighted by atomic mass is 9.82. The van der Waals surface area contributed by atoms with E-state index in [1.54, 1.807) is 6.33 Å². The summed E-state index contributed by atoms with van der Waals surface area (Å²) >= 11 is 0. The number of aromatic nitrogens is 2. The van der Waals surface area contributed by atoms with Crippen LogP contribution in [0, 0.1) is 5.92 Å². The van der Waals surface area contributed by atoms with E-state index in [1.165, 1.54) is 19.3 Å². The van der Waals surface area contributed by atoms with Crippen molar-refractivity contribution in [1.82, 2.24) is 9.97 Å². The van der Waals surface area contributed by atoms with Crippen LogP contribution in [0.25, 0.3) is 0 Å². The van der Waals surface area contributed by atoms with Crippen LogP contribution in [0.1, 0.15) is 32.6 Å². The highest BCUT2D eigenvalue weighted by molar-refractivity contribution is 5.38. The zero-order chi connectivity index (χ0) is 13.1. The summed E-state index contributed by atoms with van der Waals surface area (Å²) in [5.41, 5.74) is 0. The van der Waals surface area contributed by atoms with Crippen LogP contribution in [0.3, 0.4) is 0 Å². The van der Waals surface area contributed by atoms with Gasteiger partial charge in [0.25, 0.3) is 0 Å². The van der Waals surface area contributed by atoms with Gasteiger partial charge in [0.1, 0.15) is 12.1 Å². The Bertz CT molecular complexity index is 427. The Morgan fingerprint density at radius 2 is 2.32 bits per heavy atom. The summed E-state index contributed by atoms with van der Waals surface area (Å²) in [6, 6.07) is 2.34. The maximum Gasteiger partial charge on any atom is 0.218 e. The molecule has 5 nitrogen and oxygen atoms in total. The van der Waals surface area contributed by atoms with Crippen LogP contribution in [-0.2, 0) is 4.74 Å². The van der Waals surface area contributed by atoms with Crippen LogP contribution in [0.4, 0.5) is 5.82 Å². The SMILES string of the molecule is CCOc1cc(NC2CCCC3OCCC23)ncn1. The molecule has 2 fully saturated rings. The number of rotatable bonds is 4. The summed E-state index contributed by atoms with van der Waals surface area (Å²) in [6.07, 6.45) is 6.78. The van der Waals surface area contributed by atoms with Crippen molar-refractivity contribution in [2.75, 3.05) is 18.5 Å². The molecule has 3 unspecified atom stereocenters. The fourth-order valence-corrected chi connectivity index (χ4v) is 3.19. The largest absolute Gasteiger partial charge is 0.478 e. The minimum absolute atomic E-state index is 0.444. The molecule has 1 aromatic rings. The molecule has 1 aromatic heterocycles.